The van der Waals surface area contributed by atoms with Crippen molar-refractivity contribution in [1.29, 1.82) is 0 Å². The third-order valence-corrected chi connectivity index (χ3v) is 2.48. The summed E-state index contributed by atoms with van der Waals surface area (Å²) in [4.78, 5) is 15.3. The third-order valence-electron chi connectivity index (χ3n) is 2.48. The number of nitrogens with one attached hydrogen (secondary N) is 2. The lowest BCUT2D eigenvalue weighted by atomic mass is 10.3. The number of carbonyl (C=O) groups excluding carboxylic acids is 1. The van der Waals surface area contributed by atoms with E-state index in [1.165, 1.54) is 12.1 Å². The molecule has 1 aromatic carbocycles. The van der Waals surface area contributed by atoms with Gasteiger partial charge in [0, 0.05) is 12.1 Å². The molecule has 98 valence electrons. The fourth-order valence-corrected chi connectivity index (χ4v) is 1.47. The van der Waals surface area contributed by atoms with Crippen LogP contribution in [0.4, 0.5) is 21.6 Å². The highest BCUT2D eigenvalue weighted by molar-refractivity contribution is 5.89. The predicted octanol–water partition coefficient (Wildman–Crippen LogP) is 3.31. The van der Waals surface area contributed by atoms with Gasteiger partial charge in [-0.3, -0.25) is 4.79 Å². The first-order chi connectivity index (χ1) is 9.17. The summed E-state index contributed by atoms with van der Waals surface area (Å²) in [6.07, 6.45) is 2.02. The first-order valence-electron chi connectivity index (χ1n) is 5.96. The Kier molecular flexibility index (Phi) is 4.07. The molecule has 0 aliphatic carbocycles. The first kappa shape index (κ1) is 13.0. The second-order valence-corrected chi connectivity index (χ2v) is 3.97. The highest BCUT2D eigenvalue weighted by atomic mass is 19.1. The molecule has 0 saturated heterocycles. The van der Waals surface area contributed by atoms with Gasteiger partial charge in [0.25, 0.3) is 0 Å². The molecule has 2 N–H and O–H groups in total. The summed E-state index contributed by atoms with van der Waals surface area (Å²) in [7, 11) is 0. The number of hydrogen-bond donors (Lipinski definition) is 2. The summed E-state index contributed by atoms with van der Waals surface area (Å²) in [5.74, 6) is 0.157. The minimum atomic E-state index is -0.277. The van der Waals surface area contributed by atoms with E-state index < -0.39 is 0 Å². The maximum Gasteiger partial charge on any atom is 0.225 e. The van der Waals surface area contributed by atoms with E-state index in [9.17, 15) is 9.18 Å². The standard InChI is InChI=1S/C14H14FN3O/c1-2-14(19)18-13-8-7-12(9-16-13)17-11-5-3-10(15)4-6-11/h3-9,17H,2H2,1H3,(H,16,18,19). The molecule has 19 heavy (non-hydrogen) atoms. The van der Waals surface area contributed by atoms with Crippen LogP contribution in [0, 0.1) is 5.82 Å². The molecule has 0 aliphatic rings. The Morgan fingerprint density at radius 1 is 1.16 bits per heavy atom. The molecule has 4 nitrogen and oxygen atoms in total. The van der Waals surface area contributed by atoms with Crippen LogP contribution >= 0.6 is 0 Å². The highest BCUT2D eigenvalue weighted by Gasteiger charge is 2.00. The van der Waals surface area contributed by atoms with Gasteiger partial charge in [-0.25, -0.2) is 9.37 Å². The molecular formula is C14H14FN3O. The number of hydrogen-bond acceptors (Lipinski definition) is 3. The number of amides is 1. The lowest BCUT2D eigenvalue weighted by Crippen LogP contribution is -2.10. The Hall–Kier alpha value is -2.43. The topological polar surface area (TPSA) is 54.0 Å². The van der Waals surface area contributed by atoms with Crippen LogP contribution in [0.25, 0.3) is 0 Å². The van der Waals surface area contributed by atoms with Crippen molar-refractivity contribution in [3.63, 3.8) is 0 Å². The van der Waals surface area contributed by atoms with Gasteiger partial charge in [0.05, 0.1) is 11.9 Å². The zero-order valence-corrected chi connectivity index (χ0v) is 10.5. The molecule has 2 aromatic rings. The maximum atomic E-state index is 12.8. The van der Waals surface area contributed by atoms with E-state index in [4.69, 9.17) is 0 Å². The lowest BCUT2D eigenvalue weighted by molar-refractivity contribution is -0.115. The number of carbonyl (C=O) groups is 1. The molecule has 0 saturated carbocycles. The van der Waals surface area contributed by atoms with Crippen molar-refractivity contribution < 1.29 is 9.18 Å². The third kappa shape index (κ3) is 3.77. The summed E-state index contributed by atoms with van der Waals surface area (Å²) in [6.45, 7) is 1.78. The quantitative estimate of drug-likeness (QED) is 0.885. The van der Waals surface area contributed by atoms with Crippen LogP contribution in [0.1, 0.15) is 13.3 Å². The Morgan fingerprint density at radius 2 is 1.84 bits per heavy atom. The normalized spacial score (nSPS) is 10.0. The van der Waals surface area contributed by atoms with E-state index in [2.05, 4.69) is 15.6 Å². The fraction of sp³-hybridized carbons (Fsp3) is 0.143. The molecule has 0 spiro atoms. The van der Waals surface area contributed by atoms with Crippen LogP contribution in [0.2, 0.25) is 0 Å². The molecular weight excluding hydrogens is 245 g/mol. The van der Waals surface area contributed by atoms with Gasteiger partial charge in [-0.1, -0.05) is 6.92 Å². The number of pyridine rings is 1. The fourth-order valence-electron chi connectivity index (χ4n) is 1.47. The molecule has 1 heterocycles. The predicted molar refractivity (Wildman–Crippen MR) is 72.8 cm³/mol. The van der Waals surface area contributed by atoms with Gasteiger partial charge in [0.1, 0.15) is 11.6 Å². The lowest BCUT2D eigenvalue weighted by Gasteiger charge is -2.07. The maximum absolute atomic E-state index is 12.8. The highest BCUT2D eigenvalue weighted by Crippen LogP contribution is 2.17. The van der Waals surface area contributed by atoms with Crippen molar-refractivity contribution in [2.24, 2.45) is 0 Å². The van der Waals surface area contributed by atoms with Crippen LogP contribution in [-0.4, -0.2) is 10.9 Å². The van der Waals surface area contributed by atoms with Gasteiger partial charge in [0.2, 0.25) is 5.91 Å². The zero-order chi connectivity index (χ0) is 13.7. The first-order valence-corrected chi connectivity index (χ1v) is 5.96. The number of rotatable bonds is 4. The number of aromatic nitrogens is 1. The number of benzene rings is 1. The molecule has 0 aliphatic heterocycles. The van der Waals surface area contributed by atoms with Crippen molar-refractivity contribution in [3.8, 4) is 0 Å². The Bertz CT molecular complexity index is 552. The molecule has 0 atom stereocenters. The zero-order valence-electron chi connectivity index (χ0n) is 10.5. The van der Waals surface area contributed by atoms with E-state index in [1.807, 2.05) is 0 Å². The van der Waals surface area contributed by atoms with Gasteiger partial charge in [-0.2, -0.15) is 0 Å². The molecule has 0 radical (unpaired) electrons. The molecule has 1 aromatic heterocycles. The second kappa shape index (κ2) is 5.95. The van der Waals surface area contributed by atoms with Crippen molar-refractivity contribution in [3.05, 3.63) is 48.4 Å². The summed E-state index contributed by atoms with van der Waals surface area (Å²) < 4.78 is 12.8. The smallest absolute Gasteiger partial charge is 0.225 e. The van der Waals surface area contributed by atoms with Crippen LogP contribution < -0.4 is 10.6 Å². The summed E-state index contributed by atoms with van der Waals surface area (Å²) in [5.41, 5.74) is 1.54. The van der Waals surface area contributed by atoms with Crippen molar-refractivity contribution in [1.82, 2.24) is 4.98 Å². The van der Waals surface area contributed by atoms with Crippen molar-refractivity contribution >= 4 is 23.1 Å². The van der Waals surface area contributed by atoms with Gasteiger partial charge in [0.15, 0.2) is 0 Å². The largest absolute Gasteiger partial charge is 0.354 e. The van der Waals surface area contributed by atoms with E-state index in [0.717, 1.165) is 11.4 Å². The molecule has 0 bridgehead atoms. The van der Waals surface area contributed by atoms with E-state index >= 15 is 0 Å². The van der Waals surface area contributed by atoms with Gasteiger partial charge >= 0.3 is 0 Å². The number of nitrogens with zero attached hydrogens (tertiary/aromatic N) is 1. The van der Waals surface area contributed by atoms with Crippen LogP contribution in [0.15, 0.2) is 42.6 Å². The Balaban J connectivity index is 2.02. The molecule has 0 fully saturated rings. The molecule has 5 heteroatoms. The summed E-state index contributed by atoms with van der Waals surface area (Å²) in [5, 5.41) is 5.75. The second-order valence-electron chi connectivity index (χ2n) is 3.97. The van der Waals surface area contributed by atoms with Gasteiger partial charge < -0.3 is 10.6 Å². The van der Waals surface area contributed by atoms with Gasteiger partial charge in [-0.15, -0.1) is 0 Å². The SMILES string of the molecule is CCC(=O)Nc1ccc(Nc2ccc(F)cc2)cn1. The molecule has 0 unspecified atom stereocenters. The Morgan fingerprint density at radius 3 is 2.42 bits per heavy atom. The monoisotopic (exact) mass is 259 g/mol. The minimum absolute atomic E-state index is 0.0771. The van der Waals surface area contributed by atoms with E-state index in [0.29, 0.717) is 12.2 Å². The Labute approximate surface area is 110 Å². The van der Waals surface area contributed by atoms with Gasteiger partial charge in [-0.05, 0) is 36.4 Å². The van der Waals surface area contributed by atoms with Crippen LogP contribution in [-0.2, 0) is 4.79 Å². The minimum Gasteiger partial charge on any atom is -0.354 e. The molecule has 2 rings (SSSR count). The number of anilines is 3. The summed E-state index contributed by atoms with van der Waals surface area (Å²) in [6, 6.07) is 9.54. The van der Waals surface area contributed by atoms with Crippen molar-refractivity contribution in [2.45, 2.75) is 13.3 Å². The van der Waals surface area contributed by atoms with Crippen LogP contribution in [0.3, 0.4) is 0 Å². The summed E-state index contributed by atoms with van der Waals surface area (Å²) >= 11 is 0. The average molecular weight is 259 g/mol. The average Bonchev–Trinajstić information content (AvgIpc) is 2.43. The van der Waals surface area contributed by atoms with Crippen molar-refractivity contribution in [2.75, 3.05) is 10.6 Å². The number of halogens is 1. The van der Waals surface area contributed by atoms with Crippen LogP contribution in [0.5, 0.6) is 0 Å². The molecule has 1 amide bonds. The van der Waals surface area contributed by atoms with E-state index in [-0.39, 0.29) is 11.7 Å². The van der Waals surface area contributed by atoms with E-state index in [1.54, 1.807) is 37.4 Å².